The highest BCUT2D eigenvalue weighted by atomic mass is 79.9. The van der Waals surface area contributed by atoms with Gasteiger partial charge in [-0.25, -0.2) is 4.68 Å². The second-order valence-corrected chi connectivity index (χ2v) is 8.68. The van der Waals surface area contributed by atoms with Gasteiger partial charge in [0.05, 0.1) is 22.8 Å². The molecule has 7 heteroatoms. The number of hydrogen-bond acceptors (Lipinski definition) is 5. The standard InChI is InChI=1S/C20H25BrN4O2/c1-12-9-22-14(13(2)19(12)26-6)10-27-16-8-7-15-18(17(16)21)23-24-25(15)11-20(3,4)5/h7-9H,10-11H2,1-6H3. The first kappa shape index (κ1) is 19.6. The number of halogens is 1. The van der Waals surface area contributed by atoms with E-state index in [2.05, 4.69) is 52.0 Å². The molecule has 3 rings (SSSR count). The average molecular weight is 433 g/mol. The number of fused-ring (bicyclic) bond motifs is 1. The fourth-order valence-corrected chi connectivity index (χ4v) is 3.56. The Hall–Kier alpha value is -2.15. The van der Waals surface area contributed by atoms with Gasteiger partial charge in [-0.2, -0.15) is 0 Å². The van der Waals surface area contributed by atoms with Crippen molar-refractivity contribution in [2.45, 2.75) is 47.8 Å². The van der Waals surface area contributed by atoms with E-state index in [1.54, 1.807) is 13.3 Å². The van der Waals surface area contributed by atoms with E-state index in [1.165, 1.54) is 0 Å². The summed E-state index contributed by atoms with van der Waals surface area (Å²) in [5.41, 5.74) is 4.75. The van der Waals surface area contributed by atoms with E-state index in [1.807, 2.05) is 30.7 Å². The average Bonchev–Trinajstić information content (AvgIpc) is 2.98. The van der Waals surface area contributed by atoms with Gasteiger partial charge in [-0.15, -0.1) is 5.10 Å². The fraction of sp³-hybridized carbons (Fsp3) is 0.450. The van der Waals surface area contributed by atoms with Gasteiger partial charge in [0.25, 0.3) is 0 Å². The van der Waals surface area contributed by atoms with Gasteiger partial charge < -0.3 is 9.47 Å². The molecule has 3 aromatic rings. The highest BCUT2D eigenvalue weighted by Crippen LogP contribution is 2.33. The van der Waals surface area contributed by atoms with Crippen molar-refractivity contribution in [1.29, 1.82) is 0 Å². The second-order valence-electron chi connectivity index (χ2n) is 7.89. The number of aryl methyl sites for hydroxylation is 1. The minimum atomic E-state index is 0.121. The van der Waals surface area contributed by atoms with Crippen molar-refractivity contribution in [2.75, 3.05) is 7.11 Å². The van der Waals surface area contributed by atoms with Crippen molar-refractivity contribution in [3.8, 4) is 11.5 Å². The molecular weight excluding hydrogens is 408 g/mol. The Kier molecular flexibility index (Phi) is 5.42. The predicted octanol–water partition coefficient (Wildman–Crippen LogP) is 4.84. The lowest BCUT2D eigenvalue weighted by Crippen LogP contribution is -2.16. The summed E-state index contributed by atoms with van der Waals surface area (Å²) in [4.78, 5) is 4.49. The first-order valence-corrected chi connectivity index (χ1v) is 9.64. The van der Waals surface area contributed by atoms with Crippen molar-refractivity contribution in [3.05, 3.63) is 39.6 Å². The van der Waals surface area contributed by atoms with Gasteiger partial charge in [-0.1, -0.05) is 26.0 Å². The zero-order valence-corrected chi connectivity index (χ0v) is 18.2. The first-order chi connectivity index (χ1) is 12.7. The number of ether oxygens (including phenoxy) is 2. The quantitative estimate of drug-likeness (QED) is 0.576. The molecular formula is C20H25BrN4O2. The summed E-state index contributed by atoms with van der Waals surface area (Å²) >= 11 is 3.62. The van der Waals surface area contributed by atoms with E-state index in [-0.39, 0.29) is 5.41 Å². The third-order valence-corrected chi connectivity index (χ3v) is 5.09. The zero-order chi connectivity index (χ0) is 19.8. The third-order valence-electron chi connectivity index (χ3n) is 4.33. The summed E-state index contributed by atoms with van der Waals surface area (Å²) in [6, 6.07) is 3.94. The van der Waals surface area contributed by atoms with Crippen molar-refractivity contribution in [2.24, 2.45) is 5.41 Å². The maximum absolute atomic E-state index is 6.02. The lowest BCUT2D eigenvalue weighted by molar-refractivity contribution is 0.297. The smallest absolute Gasteiger partial charge is 0.136 e. The number of hydrogen-bond donors (Lipinski definition) is 0. The van der Waals surface area contributed by atoms with Gasteiger partial charge in [0.1, 0.15) is 23.6 Å². The molecule has 1 aromatic carbocycles. The van der Waals surface area contributed by atoms with E-state index < -0.39 is 0 Å². The van der Waals surface area contributed by atoms with Crippen LogP contribution in [0.3, 0.4) is 0 Å². The lowest BCUT2D eigenvalue weighted by Gasteiger charge is -2.18. The van der Waals surface area contributed by atoms with Gasteiger partial charge in [0.15, 0.2) is 0 Å². The van der Waals surface area contributed by atoms with E-state index in [4.69, 9.17) is 9.47 Å². The number of pyridine rings is 1. The Bertz CT molecular complexity index is 976. The molecule has 0 aliphatic heterocycles. The van der Waals surface area contributed by atoms with Crippen molar-refractivity contribution in [3.63, 3.8) is 0 Å². The molecule has 2 aromatic heterocycles. The second kappa shape index (κ2) is 7.46. The van der Waals surface area contributed by atoms with Crippen LogP contribution in [0.5, 0.6) is 11.5 Å². The predicted molar refractivity (Wildman–Crippen MR) is 109 cm³/mol. The molecule has 0 atom stereocenters. The summed E-state index contributed by atoms with van der Waals surface area (Å²) in [6.07, 6.45) is 1.81. The van der Waals surface area contributed by atoms with Crippen LogP contribution in [0.4, 0.5) is 0 Å². The van der Waals surface area contributed by atoms with Crippen LogP contribution in [-0.2, 0) is 13.2 Å². The molecule has 6 nitrogen and oxygen atoms in total. The molecule has 0 radical (unpaired) electrons. The zero-order valence-electron chi connectivity index (χ0n) is 16.6. The largest absolute Gasteiger partial charge is 0.496 e. The molecule has 27 heavy (non-hydrogen) atoms. The Morgan fingerprint density at radius 2 is 1.93 bits per heavy atom. The summed E-state index contributed by atoms with van der Waals surface area (Å²) in [7, 11) is 1.67. The first-order valence-electron chi connectivity index (χ1n) is 8.85. The Labute approximate surface area is 168 Å². The lowest BCUT2D eigenvalue weighted by atomic mass is 9.97. The van der Waals surface area contributed by atoms with Gasteiger partial charge in [0, 0.05) is 23.9 Å². The highest BCUT2D eigenvalue weighted by Gasteiger charge is 2.18. The number of nitrogens with zero attached hydrogens (tertiary/aromatic N) is 4. The van der Waals surface area contributed by atoms with E-state index in [9.17, 15) is 0 Å². The Morgan fingerprint density at radius 3 is 2.59 bits per heavy atom. The molecule has 2 heterocycles. The molecule has 0 aliphatic carbocycles. The summed E-state index contributed by atoms with van der Waals surface area (Å²) < 4.78 is 14.2. The van der Waals surface area contributed by atoms with Gasteiger partial charge in [0.2, 0.25) is 0 Å². The Morgan fingerprint density at radius 1 is 1.19 bits per heavy atom. The molecule has 0 N–H and O–H groups in total. The third kappa shape index (κ3) is 4.08. The Balaban J connectivity index is 1.85. The summed E-state index contributed by atoms with van der Waals surface area (Å²) in [6.45, 7) is 11.7. The molecule has 0 saturated carbocycles. The molecule has 0 aliphatic rings. The van der Waals surface area contributed by atoms with Gasteiger partial charge >= 0.3 is 0 Å². The van der Waals surface area contributed by atoms with Gasteiger partial charge in [-0.05, 0) is 47.3 Å². The number of aromatic nitrogens is 4. The molecule has 0 fully saturated rings. The normalized spacial score (nSPS) is 11.8. The van der Waals surface area contributed by atoms with Crippen molar-refractivity contribution in [1.82, 2.24) is 20.0 Å². The SMILES string of the molecule is COc1c(C)cnc(COc2ccc3c(nnn3CC(C)(C)C)c2Br)c1C. The fourth-order valence-electron chi connectivity index (χ4n) is 3.03. The maximum atomic E-state index is 6.02. The monoisotopic (exact) mass is 432 g/mol. The maximum Gasteiger partial charge on any atom is 0.136 e. The summed E-state index contributed by atoms with van der Waals surface area (Å²) in [5, 5.41) is 8.62. The van der Waals surface area contributed by atoms with E-state index in [0.29, 0.717) is 12.4 Å². The van der Waals surface area contributed by atoms with Crippen LogP contribution < -0.4 is 9.47 Å². The number of rotatable bonds is 5. The molecule has 0 saturated heterocycles. The van der Waals surface area contributed by atoms with Crippen molar-refractivity contribution >= 4 is 27.0 Å². The minimum Gasteiger partial charge on any atom is -0.496 e. The van der Waals surface area contributed by atoms with E-state index >= 15 is 0 Å². The van der Waals surface area contributed by atoms with Crippen LogP contribution in [0.25, 0.3) is 11.0 Å². The van der Waals surface area contributed by atoms with Crippen LogP contribution in [0.2, 0.25) is 0 Å². The molecule has 0 amide bonds. The molecule has 0 unspecified atom stereocenters. The molecule has 144 valence electrons. The number of methoxy groups -OCH3 is 1. The molecule has 0 bridgehead atoms. The summed E-state index contributed by atoms with van der Waals surface area (Å²) in [5.74, 6) is 1.56. The van der Waals surface area contributed by atoms with Gasteiger partial charge in [-0.3, -0.25) is 4.98 Å². The van der Waals surface area contributed by atoms with Crippen LogP contribution in [-0.4, -0.2) is 27.1 Å². The van der Waals surface area contributed by atoms with Crippen LogP contribution in [0.15, 0.2) is 22.8 Å². The van der Waals surface area contributed by atoms with Crippen LogP contribution in [0.1, 0.15) is 37.6 Å². The van der Waals surface area contributed by atoms with Crippen LogP contribution in [0, 0.1) is 19.3 Å². The number of benzene rings is 1. The topological polar surface area (TPSA) is 62.1 Å². The van der Waals surface area contributed by atoms with Crippen molar-refractivity contribution < 1.29 is 9.47 Å². The molecule has 0 spiro atoms. The van der Waals surface area contributed by atoms with Crippen LogP contribution >= 0.6 is 15.9 Å². The minimum absolute atomic E-state index is 0.121. The highest BCUT2D eigenvalue weighted by molar-refractivity contribution is 9.10. The van der Waals surface area contributed by atoms with E-state index in [0.717, 1.165) is 44.6 Å².